The first-order chi connectivity index (χ1) is 9.06. The highest BCUT2D eigenvalue weighted by molar-refractivity contribution is 5.99. The van der Waals surface area contributed by atoms with Gasteiger partial charge in [-0.3, -0.25) is 4.79 Å². The van der Waals surface area contributed by atoms with Gasteiger partial charge < -0.3 is 15.5 Å². The first kappa shape index (κ1) is 13.2. The van der Waals surface area contributed by atoms with Crippen LogP contribution in [-0.4, -0.2) is 11.9 Å². The third-order valence-corrected chi connectivity index (χ3v) is 2.92. The van der Waals surface area contributed by atoms with Crippen LogP contribution in [0.25, 0.3) is 0 Å². The Balaban J connectivity index is 2.00. The number of aryl methyl sites for hydroxylation is 1. The van der Waals surface area contributed by atoms with Crippen LogP contribution in [0.15, 0.2) is 41.0 Å². The normalized spacial score (nSPS) is 12.1. The molecule has 0 saturated carbocycles. The van der Waals surface area contributed by atoms with Crippen molar-refractivity contribution < 1.29 is 9.21 Å². The van der Waals surface area contributed by atoms with Crippen molar-refractivity contribution in [2.24, 2.45) is 0 Å². The van der Waals surface area contributed by atoms with Gasteiger partial charge in [-0.2, -0.15) is 0 Å². The molecule has 1 heterocycles. The topological polar surface area (TPSA) is 68.3 Å². The fourth-order valence-corrected chi connectivity index (χ4v) is 1.97. The number of amides is 1. The van der Waals surface area contributed by atoms with E-state index in [1.807, 2.05) is 32.0 Å². The van der Waals surface area contributed by atoms with Gasteiger partial charge in [0.15, 0.2) is 0 Å². The third kappa shape index (κ3) is 3.37. The van der Waals surface area contributed by atoms with Crippen molar-refractivity contribution in [1.82, 2.24) is 5.32 Å². The van der Waals surface area contributed by atoms with Gasteiger partial charge in [-0.1, -0.05) is 6.07 Å². The standard InChI is InChI=1S/C15H18N2O2/c1-10-5-6-13(14(16)8-10)15(18)17-11(2)9-12-4-3-7-19-12/h3-8,11H,9,16H2,1-2H3,(H,17,18). The summed E-state index contributed by atoms with van der Waals surface area (Å²) in [6, 6.07) is 9.14. The van der Waals surface area contributed by atoms with Crippen LogP contribution in [0.3, 0.4) is 0 Å². The van der Waals surface area contributed by atoms with Crippen molar-refractivity contribution in [3.8, 4) is 0 Å². The van der Waals surface area contributed by atoms with Crippen LogP contribution in [0.4, 0.5) is 5.69 Å². The van der Waals surface area contributed by atoms with Crippen LogP contribution in [-0.2, 0) is 6.42 Å². The van der Waals surface area contributed by atoms with E-state index in [-0.39, 0.29) is 11.9 Å². The first-order valence-corrected chi connectivity index (χ1v) is 6.25. The van der Waals surface area contributed by atoms with Gasteiger partial charge in [-0.15, -0.1) is 0 Å². The van der Waals surface area contributed by atoms with Crippen molar-refractivity contribution in [3.05, 3.63) is 53.5 Å². The van der Waals surface area contributed by atoms with Crippen LogP contribution in [0.1, 0.15) is 28.6 Å². The van der Waals surface area contributed by atoms with Crippen LogP contribution in [0.5, 0.6) is 0 Å². The lowest BCUT2D eigenvalue weighted by molar-refractivity contribution is 0.0940. The highest BCUT2D eigenvalue weighted by atomic mass is 16.3. The Morgan fingerprint density at radius 1 is 1.42 bits per heavy atom. The second kappa shape index (κ2) is 5.61. The molecule has 2 aromatic rings. The van der Waals surface area contributed by atoms with Crippen LogP contribution in [0, 0.1) is 6.92 Å². The number of hydrogen-bond acceptors (Lipinski definition) is 3. The van der Waals surface area contributed by atoms with Gasteiger partial charge in [0.1, 0.15) is 5.76 Å². The zero-order chi connectivity index (χ0) is 13.8. The smallest absolute Gasteiger partial charge is 0.253 e. The first-order valence-electron chi connectivity index (χ1n) is 6.25. The summed E-state index contributed by atoms with van der Waals surface area (Å²) in [4.78, 5) is 12.1. The molecular formula is C15H18N2O2. The number of carbonyl (C=O) groups is 1. The molecular weight excluding hydrogens is 240 g/mol. The number of hydrogen-bond donors (Lipinski definition) is 2. The highest BCUT2D eigenvalue weighted by Gasteiger charge is 2.13. The fourth-order valence-electron chi connectivity index (χ4n) is 1.97. The van der Waals surface area contributed by atoms with E-state index in [0.717, 1.165) is 11.3 Å². The zero-order valence-corrected chi connectivity index (χ0v) is 11.1. The van der Waals surface area contributed by atoms with Crippen molar-refractivity contribution >= 4 is 11.6 Å². The molecule has 0 aliphatic rings. The molecule has 0 aliphatic carbocycles. The van der Waals surface area contributed by atoms with E-state index in [2.05, 4.69) is 5.32 Å². The molecule has 0 fully saturated rings. The van der Waals surface area contributed by atoms with Gasteiger partial charge >= 0.3 is 0 Å². The molecule has 0 spiro atoms. The molecule has 0 saturated heterocycles. The number of furan rings is 1. The molecule has 1 amide bonds. The Kier molecular flexibility index (Phi) is 3.90. The largest absolute Gasteiger partial charge is 0.469 e. The summed E-state index contributed by atoms with van der Waals surface area (Å²) >= 11 is 0. The lowest BCUT2D eigenvalue weighted by Crippen LogP contribution is -2.34. The molecule has 1 unspecified atom stereocenters. The Morgan fingerprint density at radius 2 is 2.21 bits per heavy atom. The summed E-state index contributed by atoms with van der Waals surface area (Å²) < 4.78 is 5.25. The SMILES string of the molecule is Cc1ccc(C(=O)NC(C)Cc2ccco2)c(N)c1. The number of benzene rings is 1. The summed E-state index contributed by atoms with van der Waals surface area (Å²) in [6.07, 6.45) is 2.28. The molecule has 2 rings (SSSR count). The number of nitrogen functional groups attached to an aromatic ring is 1. The molecule has 3 N–H and O–H groups in total. The van der Waals surface area contributed by atoms with Crippen molar-refractivity contribution in [3.63, 3.8) is 0 Å². The molecule has 0 bridgehead atoms. The highest BCUT2D eigenvalue weighted by Crippen LogP contribution is 2.14. The van der Waals surface area contributed by atoms with E-state index < -0.39 is 0 Å². The number of rotatable bonds is 4. The monoisotopic (exact) mass is 258 g/mol. The minimum atomic E-state index is -0.156. The molecule has 1 aromatic carbocycles. The minimum absolute atomic E-state index is 0.0145. The molecule has 1 atom stereocenters. The molecule has 4 heteroatoms. The second-order valence-corrected chi connectivity index (χ2v) is 4.75. The lowest BCUT2D eigenvalue weighted by Gasteiger charge is -2.13. The average Bonchev–Trinajstić information content (AvgIpc) is 2.81. The van der Waals surface area contributed by atoms with Crippen molar-refractivity contribution in [2.45, 2.75) is 26.3 Å². The molecule has 0 aliphatic heterocycles. The van der Waals surface area contributed by atoms with E-state index in [4.69, 9.17) is 10.2 Å². The van der Waals surface area contributed by atoms with Gasteiger partial charge in [0, 0.05) is 18.2 Å². The minimum Gasteiger partial charge on any atom is -0.469 e. The maximum Gasteiger partial charge on any atom is 0.253 e. The van der Waals surface area contributed by atoms with Crippen LogP contribution in [0.2, 0.25) is 0 Å². The molecule has 4 nitrogen and oxygen atoms in total. The van der Waals surface area contributed by atoms with Crippen molar-refractivity contribution in [1.29, 1.82) is 0 Å². The quantitative estimate of drug-likeness (QED) is 0.828. The molecule has 19 heavy (non-hydrogen) atoms. The second-order valence-electron chi connectivity index (χ2n) is 4.75. The zero-order valence-electron chi connectivity index (χ0n) is 11.1. The van der Waals surface area contributed by atoms with Crippen molar-refractivity contribution in [2.75, 3.05) is 5.73 Å². The predicted molar refractivity (Wildman–Crippen MR) is 74.9 cm³/mol. The number of nitrogens with one attached hydrogen (secondary N) is 1. The number of anilines is 1. The van der Waals surface area contributed by atoms with E-state index in [1.54, 1.807) is 18.4 Å². The Hall–Kier alpha value is -2.23. The summed E-state index contributed by atoms with van der Waals surface area (Å²) in [7, 11) is 0. The van der Waals surface area contributed by atoms with Gasteiger partial charge in [-0.05, 0) is 43.7 Å². The maximum atomic E-state index is 12.1. The van der Waals surface area contributed by atoms with Crippen LogP contribution >= 0.6 is 0 Å². The summed E-state index contributed by atoms with van der Waals surface area (Å²) in [6.45, 7) is 3.88. The average molecular weight is 258 g/mol. The van der Waals surface area contributed by atoms with E-state index in [9.17, 15) is 4.79 Å². The molecule has 100 valence electrons. The van der Waals surface area contributed by atoms with E-state index in [1.165, 1.54) is 0 Å². The number of nitrogens with two attached hydrogens (primary N) is 1. The molecule has 0 radical (unpaired) electrons. The summed E-state index contributed by atoms with van der Waals surface area (Å²) in [5, 5.41) is 2.92. The van der Waals surface area contributed by atoms with Gasteiger partial charge in [-0.25, -0.2) is 0 Å². The Bertz CT molecular complexity index is 562. The Morgan fingerprint density at radius 3 is 2.84 bits per heavy atom. The Labute approximate surface area is 112 Å². The van der Waals surface area contributed by atoms with Gasteiger partial charge in [0.2, 0.25) is 0 Å². The fraction of sp³-hybridized carbons (Fsp3) is 0.267. The van der Waals surface area contributed by atoms with Gasteiger partial charge in [0.05, 0.1) is 11.8 Å². The third-order valence-electron chi connectivity index (χ3n) is 2.92. The molecule has 1 aromatic heterocycles. The number of carbonyl (C=O) groups excluding carboxylic acids is 1. The van der Waals surface area contributed by atoms with Gasteiger partial charge in [0.25, 0.3) is 5.91 Å². The summed E-state index contributed by atoms with van der Waals surface area (Å²) in [5.74, 6) is 0.696. The lowest BCUT2D eigenvalue weighted by atomic mass is 10.1. The maximum absolute atomic E-state index is 12.1. The van der Waals surface area contributed by atoms with E-state index in [0.29, 0.717) is 17.7 Å². The van der Waals surface area contributed by atoms with E-state index >= 15 is 0 Å². The summed E-state index contributed by atoms with van der Waals surface area (Å²) in [5.41, 5.74) is 7.91. The predicted octanol–water partition coefficient (Wildman–Crippen LogP) is 2.53. The van der Waals surface area contributed by atoms with Crippen LogP contribution < -0.4 is 11.1 Å².